The Morgan fingerprint density at radius 2 is 1.71 bits per heavy atom. The van der Waals surface area contributed by atoms with E-state index in [9.17, 15) is 4.79 Å². The van der Waals surface area contributed by atoms with Crippen LogP contribution in [0.5, 0.6) is 5.75 Å². The zero-order valence-corrected chi connectivity index (χ0v) is 18.3. The quantitative estimate of drug-likeness (QED) is 0.582. The van der Waals surface area contributed by atoms with Crippen LogP contribution in [0.25, 0.3) is 11.3 Å². The predicted molar refractivity (Wildman–Crippen MR) is 123 cm³/mol. The molecule has 1 aromatic heterocycles. The van der Waals surface area contributed by atoms with Gasteiger partial charge in [0.1, 0.15) is 5.75 Å². The third-order valence-electron chi connectivity index (χ3n) is 5.37. The number of nitrogens with zero attached hydrogens (tertiary/aromatic N) is 4. The van der Waals surface area contributed by atoms with E-state index in [1.54, 1.807) is 0 Å². The number of ether oxygens (including phenoxy) is 1. The van der Waals surface area contributed by atoms with Gasteiger partial charge in [0.2, 0.25) is 5.91 Å². The van der Waals surface area contributed by atoms with Crippen molar-refractivity contribution in [2.75, 3.05) is 37.7 Å². The third-order valence-corrected chi connectivity index (χ3v) is 5.74. The maximum absolute atomic E-state index is 12.6. The van der Waals surface area contributed by atoms with Crippen LogP contribution in [0.1, 0.15) is 12.5 Å². The lowest BCUT2D eigenvalue weighted by Gasteiger charge is -2.35. The van der Waals surface area contributed by atoms with Crippen LogP contribution in [-0.2, 0) is 11.2 Å². The fourth-order valence-electron chi connectivity index (χ4n) is 3.64. The summed E-state index contributed by atoms with van der Waals surface area (Å²) in [6.45, 7) is 5.38. The Bertz CT molecular complexity index is 1020. The first-order chi connectivity index (χ1) is 15.1. The van der Waals surface area contributed by atoms with Gasteiger partial charge in [-0.05, 0) is 55.0 Å². The molecule has 2 aromatic carbocycles. The Hall–Kier alpha value is -3.12. The van der Waals surface area contributed by atoms with Crippen molar-refractivity contribution < 1.29 is 9.53 Å². The molecule has 1 aliphatic rings. The highest BCUT2D eigenvalue weighted by atomic mass is 35.5. The van der Waals surface area contributed by atoms with Gasteiger partial charge in [-0.3, -0.25) is 4.79 Å². The van der Waals surface area contributed by atoms with Crippen LogP contribution in [0.15, 0.2) is 60.7 Å². The van der Waals surface area contributed by atoms with E-state index in [-0.39, 0.29) is 5.91 Å². The molecule has 4 rings (SSSR count). The monoisotopic (exact) mass is 436 g/mol. The molecule has 1 fully saturated rings. The number of carbonyl (C=O) groups excluding carboxylic acids is 1. The number of rotatable bonds is 6. The predicted octanol–water partition coefficient (Wildman–Crippen LogP) is 4.09. The van der Waals surface area contributed by atoms with Gasteiger partial charge in [-0.25, -0.2) is 0 Å². The normalized spacial score (nSPS) is 13.9. The number of amides is 1. The molecule has 0 bridgehead atoms. The van der Waals surface area contributed by atoms with Gasteiger partial charge in [-0.15, -0.1) is 10.2 Å². The number of piperazine rings is 1. The molecule has 1 aliphatic heterocycles. The van der Waals surface area contributed by atoms with Gasteiger partial charge >= 0.3 is 0 Å². The van der Waals surface area contributed by atoms with Crippen molar-refractivity contribution in [1.82, 2.24) is 15.1 Å². The standard InChI is InChI=1S/C24H25ClN4O2/c1-2-31-20-9-7-18(8-10-20)22-11-12-23(27-26-22)28-13-15-29(16-14-28)24(30)17-19-5-3-4-6-21(19)25/h3-12H,2,13-17H2,1H3. The Balaban J connectivity index is 1.33. The lowest BCUT2D eigenvalue weighted by atomic mass is 10.1. The molecular weight excluding hydrogens is 412 g/mol. The van der Waals surface area contributed by atoms with E-state index in [4.69, 9.17) is 16.3 Å². The molecule has 0 spiro atoms. The molecule has 3 aromatic rings. The van der Waals surface area contributed by atoms with Crippen molar-refractivity contribution in [2.24, 2.45) is 0 Å². The summed E-state index contributed by atoms with van der Waals surface area (Å²) in [7, 11) is 0. The summed E-state index contributed by atoms with van der Waals surface area (Å²) >= 11 is 6.19. The Morgan fingerprint density at radius 3 is 2.35 bits per heavy atom. The van der Waals surface area contributed by atoms with E-state index in [0.717, 1.165) is 41.5 Å². The molecule has 0 saturated carbocycles. The summed E-state index contributed by atoms with van der Waals surface area (Å²) in [6, 6.07) is 19.3. The minimum atomic E-state index is 0.102. The van der Waals surface area contributed by atoms with Gasteiger partial charge in [-0.2, -0.15) is 0 Å². The zero-order valence-electron chi connectivity index (χ0n) is 17.5. The highest BCUT2D eigenvalue weighted by Crippen LogP contribution is 2.22. The van der Waals surface area contributed by atoms with Gasteiger partial charge in [0, 0.05) is 36.8 Å². The highest BCUT2D eigenvalue weighted by Gasteiger charge is 2.22. The second kappa shape index (κ2) is 9.79. The summed E-state index contributed by atoms with van der Waals surface area (Å²) in [6.07, 6.45) is 0.330. The van der Waals surface area contributed by atoms with Crippen molar-refractivity contribution >= 4 is 23.3 Å². The molecule has 1 saturated heterocycles. The number of halogens is 1. The molecule has 160 valence electrons. The summed E-state index contributed by atoms with van der Waals surface area (Å²) in [4.78, 5) is 16.7. The fourth-order valence-corrected chi connectivity index (χ4v) is 3.84. The fraction of sp³-hybridized carbons (Fsp3) is 0.292. The molecular formula is C24H25ClN4O2. The van der Waals surface area contributed by atoms with Crippen LogP contribution < -0.4 is 9.64 Å². The Morgan fingerprint density at radius 1 is 0.968 bits per heavy atom. The van der Waals surface area contributed by atoms with Crippen LogP contribution in [0.2, 0.25) is 5.02 Å². The van der Waals surface area contributed by atoms with Crippen molar-refractivity contribution in [1.29, 1.82) is 0 Å². The summed E-state index contributed by atoms with van der Waals surface area (Å²) in [5, 5.41) is 9.44. The van der Waals surface area contributed by atoms with Crippen LogP contribution in [-0.4, -0.2) is 53.8 Å². The number of benzene rings is 2. The molecule has 31 heavy (non-hydrogen) atoms. The van der Waals surface area contributed by atoms with Gasteiger partial charge in [0.15, 0.2) is 5.82 Å². The molecule has 6 nitrogen and oxygen atoms in total. The number of hydrogen-bond donors (Lipinski definition) is 0. The number of anilines is 1. The van der Waals surface area contributed by atoms with Crippen molar-refractivity contribution in [2.45, 2.75) is 13.3 Å². The Kier molecular flexibility index (Phi) is 6.67. The first-order valence-electron chi connectivity index (χ1n) is 10.5. The number of hydrogen-bond acceptors (Lipinski definition) is 5. The minimum absolute atomic E-state index is 0.102. The van der Waals surface area contributed by atoms with Gasteiger partial charge < -0.3 is 14.5 Å². The van der Waals surface area contributed by atoms with Gasteiger partial charge in [0.25, 0.3) is 0 Å². The molecule has 0 atom stereocenters. The maximum atomic E-state index is 12.6. The lowest BCUT2D eigenvalue weighted by molar-refractivity contribution is -0.130. The van der Waals surface area contributed by atoms with E-state index in [1.165, 1.54) is 0 Å². The zero-order chi connectivity index (χ0) is 21.6. The topological polar surface area (TPSA) is 58.6 Å². The third kappa shape index (κ3) is 5.14. The van der Waals surface area contributed by atoms with Crippen LogP contribution in [0.3, 0.4) is 0 Å². The maximum Gasteiger partial charge on any atom is 0.227 e. The van der Waals surface area contributed by atoms with E-state index in [2.05, 4.69) is 15.1 Å². The molecule has 0 radical (unpaired) electrons. The average Bonchev–Trinajstić information content (AvgIpc) is 2.81. The van der Waals surface area contributed by atoms with Crippen molar-refractivity contribution in [3.8, 4) is 17.0 Å². The Labute approximate surface area is 187 Å². The lowest BCUT2D eigenvalue weighted by Crippen LogP contribution is -2.49. The van der Waals surface area contributed by atoms with E-state index < -0.39 is 0 Å². The first-order valence-corrected chi connectivity index (χ1v) is 10.8. The molecule has 7 heteroatoms. The molecule has 0 unspecified atom stereocenters. The van der Waals surface area contributed by atoms with Crippen LogP contribution in [0.4, 0.5) is 5.82 Å². The van der Waals surface area contributed by atoms with Crippen molar-refractivity contribution in [3.05, 3.63) is 71.2 Å². The summed E-state index contributed by atoms with van der Waals surface area (Å²) in [5.74, 6) is 1.77. The number of aromatic nitrogens is 2. The van der Waals surface area contributed by atoms with Crippen LogP contribution in [0, 0.1) is 0 Å². The van der Waals surface area contributed by atoms with E-state index in [1.807, 2.05) is 72.5 Å². The summed E-state index contributed by atoms with van der Waals surface area (Å²) in [5.41, 5.74) is 2.69. The minimum Gasteiger partial charge on any atom is -0.494 e. The SMILES string of the molecule is CCOc1ccc(-c2ccc(N3CCN(C(=O)Cc4ccccc4Cl)CC3)nn2)cc1. The highest BCUT2D eigenvalue weighted by molar-refractivity contribution is 6.31. The second-order valence-electron chi connectivity index (χ2n) is 7.37. The van der Waals surface area contributed by atoms with E-state index >= 15 is 0 Å². The number of carbonyl (C=O) groups is 1. The molecule has 2 heterocycles. The van der Waals surface area contributed by atoms with Gasteiger partial charge in [0.05, 0.1) is 18.7 Å². The first kappa shape index (κ1) is 21.1. The second-order valence-corrected chi connectivity index (χ2v) is 7.78. The van der Waals surface area contributed by atoms with Crippen LogP contribution >= 0.6 is 11.6 Å². The van der Waals surface area contributed by atoms with Gasteiger partial charge in [-0.1, -0.05) is 29.8 Å². The van der Waals surface area contributed by atoms with Crippen molar-refractivity contribution in [3.63, 3.8) is 0 Å². The summed E-state index contributed by atoms with van der Waals surface area (Å²) < 4.78 is 5.48. The molecule has 0 aliphatic carbocycles. The largest absolute Gasteiger partial charge is 0.494 e. The molecule has 1 amide bonds. The van der Waals surface area contributed by atoms with E-state index in [0.29, 0.717) is 31.1 Å². The average molecular weight is 437 g/mol. The molecule has 0 N–H and O–H groups in total. The smallest absolute Gasteiger partial charge is 0.227 e.